The highest BCUT2D eigenvalue weighted by molar-refractivity contribution is 5.45. The van der Waals surface area contributed by atoms with Crippen LogP contribution in [0.15, 0.2) is 18.3 Å². The normalized spacial score (nSPS) is 25.1. The van der Waals surface area contributed by atoms with Gasteiger partial charge in [-0.15, -0.1) is 0 Å². The number of hydrogen-bond donors (Lipinski definition) is 1. The van der Waals surface area contributed by atoms with Crippen LogP contribution in [0.25, 0.3) is 0 Å². The Kier molecular flexibility index (Phi) is 3.30. The molecule has 17 heavy (non-hydrogen) atoms. The maximum atomic E-state index is 10.0. The summed E-state index contributed by atoms with van der Waals surface area (Å²) in [4.78, 5) is 6.43. The van der Waals surface area contributed by atoms with Crippen LogP contribution in [0.5, 0.6) is 0 Å². The number of aromatic nitrogens is 1. The summed E-state index contributed by atoms with van der Waals surface area (Å²) in [6.07, 6.45) is 4.18. The maximum Gasteiger partial charge on any atom is 0.129 e. The van der Waals surface area contributed by atoms with Crippen LogP contribution in [0.4, 0.5) is 5.82 Å². The molecule has 1 aromatic rings. The molecule has 4 heteroatoms. The molecule has 0 amide bonds. The lowest BCUT2D eigenvalue weighted by molar-refractivity contribution is 0.0481. The van der Waals surface area contributed by atoms with Crippen molar-refractivity contribution in [2.75, 3.05) is 18.0 Å². The monoisotopic (exact) mass is 231 g/mol. The van der Waals surface area contributed by atoms with Gasteiger partial charge in [0.2, 0.25) is 0 Å². The van der Waals surface area contributed by atoms with Gasteiger partial charge in [0.25, 0.3) is 0 Å². The van der Waals surface area contributed by atoms with Crippen LogP contribution in [0, 0.1) is 11.3 Å². The lowest BCUT2D eigenvalue weighted by atomic mass is 9.98. The van der Waals surface area contributed by atoms with E-state index in [0.29, 0.717) is 5.56 Å². The second-order valence-corrected chi connectivity index (χ2v) is 4.85. The Morgan fingerprint density at radius 1 is 1.47 bits per heavy atom. The molecule has 1 saturated heterocycles. The van der Waals surface area contributed by atoms with Crippen molar-refractivity contribution in [3.63, 3.8) is 0 Å². The third-order valence-electron chi connectivity index (χ3n) is 3.26. The minimum atomic E-state index is -0.568. The Labute approximate surface area is 102 Å². The van der Waals surface area contributed by atoms with Gasteiger partial charge in [-0.25, -0.2) is 4.98 Å². The summed E-state index contributed by atoms with van der Waals surface area (Å²) >= 11 is 0. The maximum absolute atomic E-state index is 10.0. The Bertz CT molecular complexity index is 437. The molecule has 1 fully saturated rings. The zero-order valence-electron chi connectivity index (χ0n) is 10.1. The molecule has 2 rings (SSSR count). The Morgan fingerprint density at radius 2 is 2.29 bits per heavy atom. The van der Waals surface area contributed by atoms with E-state index in [1.54, 1.807) is 18.3 Å². The van der Waals surface area contributed by atoms with Crippen molar-refractivity contribution < 1.29 is 5.11 Å². The van der Waals surface area contributed by atoms with Gasteiger partial charge in [-0.2, -0.15) is 5.26 Å². The van der Waals surface area contributed by atoms with Gasteiger partial charge in [0.05, 0.1) is 17.2 Å². The van der Waals surface area contributed by atoms with Gasteiger partial charge < -0.3 is 10.0 Å². The Morgan fingerprint density at radius 3 is 3.06 bits per heavy atom. The molecule has 4 nitrogen and oxygen atoms in total. The predicted octanol–water partition coefficient (Wildman–Crippen LogP) is 1.69. The first-order chi connectivity index (χ1) is 8.11. The van der Waals surface area contributed by atoms with Crippen molar-refractivity contribution in [1.29, 1.82) is 5.26 Å². The molecule has 1 atom stereocenters. The van der Waals surface area contributed by atoms with E-state index in [1.165, 1.54) is 0 Å². The molecule has 1 unspecified atom stereocenters. The Balaban J connectivity index is 2.14. The molecule has 1 aromatic heterocycles. The number of aliphatic hydroxyl groups is 1. The van der Waals surface area contributed by atoms with Crippen LogP contribution < -0.4 is 4.90 Å². The molecule has 0 radical (unpaired) electrons. The number of nitriles is 1. The van der Waals surface area contributed by atoms with E-state index in [4.69, 9.17) is 5.26 Å². The third kappa shape index (κ3) is 2.95. The lowest BCUT2D eigenvalue weighted by Crippen LogP contribution is -2.28. The second kappa shape index (κ2) is 4.72. The smallest absolute Gasteiger partial charge is 0.129 e. The molecule has 1 N–H and O–H groups in total. The minimum Gasteiger partial charge on any atom is -0.390 e. The van der Waals surface area contributed by atoms with Crippen LogP contribution in [0.2, 0.25) is 0 Å². The molecular formula is C13H17N3O. The van der Waals surface area contributed by atoms with E-state index >= 15 is 0 Å². The van der Waals surface area contributed by atoms with Crippen molar-refractivity contribution in [2.45, 2.75) is 31.8 Å². The van der Waals surface area contributed by atoms with Gasteiger partial charge in [-0.3, -0.25) is 0 Å². The largest absolute Gasteiger partial charge is 0.390 e. The Hall–Kier alpha value is -1.60. The molecule has 2 heterocycles. The number of hydrogen-bond acceptors (Lipinski definition) is 4. The molecule has 1 aliphatic heterocycles. The topological polar surface area (TPSA) is 60.1 Å². The fourth-order valence-corrected chi connectivity index (χ4v) is 2.15. The lowest BCUT2D eigenvalue weighted by Gasteiger charge is -2.23. The van der Waals surface area contributed by atoms with Crippen molar-refractivity contribution in [1.82, 2.24) is 4.98 Å². The molecule has 0 aliphatic carbocycles. The molecule has 1 aliphatic rings. The molecule has 90 valence electrons. The summed E-state index contributed by atoms with van der Waals surface area (Å²) in [5.74, 6) is 0.835. The van der Waals surface area contributed by atoms with Crippen molar-refractivity contribution in [3.05, 3.63) is 23.9 Å². The number of rotatable bonds is 1. The van der Waals surface area contributed by atoms with E-state index < -0.39 is 5.60 Å². The molecule has 0 aromatic carbocycles. The SMILES string of the molecule is CC1(O)CCCN(c2cc(C#N)ccn2)CC1. The first kappa shape index (κ1) is 11.9. The quantitative estimate of drug-likeness (QED) is 0.799. The van der Waals surface area contributed by atoms with Crippen LogP contribution >= 0.6 is 0 Å². The highest BCUT2D eigenvalue weighted by Gasteiger charge is 2.25. The first-order valence-electron chi connectivity index (χ1n) is 5.94. The van der Waals surface area contributed by atoms with Gasteiger partial charge in [0.15, 0.2) is 0 Å². The molecular weight excluding hydrogens is 214 g/mol. The average Bonchev–Trinajstić information content (AvgIpc) is 2.50. The van der Waals surface area contributed by atoms with Crippen LogP contribution in [0.3, 0.4) is 0 Å². The van der Waals surface area contributed by atoms with Gasteiger partial charge >= 0.3 is 0 Å². The number of pyridine rings is 1. The first-order valence-corrected chi connectivity index (χ1v) is 5.94. The van der Waals surface area contributed by atoms with Crippen LogP contribution in [0.1, 0.15) is 31.7 Å². The van der Waals surface area contributed by atoms with E-state index in [9.17, 15) is 5.11 Å². The summed E-state index contributed by atoms with van der Waals surface area (Å²) in [6, 6.07) is 5.63. The minimum absolute atomic E-state index is 0.568. The van der Waals surface area contributed by atoms with Crippen molar-refractivity contribution >= 4 is 5.82 Å². The van der Waals surface area contributed by atoms with Gasteiger partial charge in [0, 0.05) is 19.3 Å². The fraction of sp³-hybridized carbons (Fsp3) is 0.538. The second-order valence-electron chi connectivity index (χ2n) is 4.85. The number of anilines is 1. The highest BCUT2D eigenvalue weighted by Crippen LogP contribution is 2.24. The van der Waals surface area contributed by atoms with Gasteiger partial charge in [0.1, 0.15) is 5.82 Å². The predicted molar refractivity (Wildman–Crippen MR) is 65.6 cm³/mol. The number of nitrogens with zero attached hydrogens (tertiary/aromatic N) is 3. The third-order valence-corrected chi connectivity index (χ3v) is 3.26. The fourth-order valence-electron chi connectivity index (χ4n) is 2.15. The highest BCUT2D eigenvalue weighted by atomic mass is 16.3. The van der Waals surface area contributed by atoms with Gasteiger partial charge in [-0.1, -0.05) is 0 Å². The van der Waals surface area contributed by atoms with E-state index in [2.05, 4.69) is 16.0 Å². The van der Waals surface area contributed by atoms with Crippen molar-refractivity contribution in [3.8, 4) is 6.07 Å². The summed E-state index contributed by atoms with van der Waals surface area (Å²) < 4.78 is 0. The molecule has 0 bridgehead atoms. The van der Waals surface area contributed by atoms with E-state index in [1.807, 2.05) is 6.92 Å². The zero-order valence-corrected chi connectivity index (χ0v) is 10.1. The summed E-state index contributed by atoms with van der Waals surface area (Å²) in [7, 11) is 0. The van der Waals surface area contributed by atoms with Crippen LogP contribution in [-0.4, -0.2) is 28.8 Å². The van der Waals surface area contributed by atoms with E-state index in [-0.39, 0.29) is 0 Å². The molecule has 0 saturated carbocycles. The summed E-state index contributed by atoms with van der Waals surface area (Å²) in [6.45, 7) is 3.56. The average molecular weight is 231 g/mol. The summed E-state index contributed by atoms with van der Waals surface area (Å²) in [5.41, 5.74) is 0.0627. The van der Waals surface area contributed by atoms with Crippen LogP contribution in [-0.2, 0) is 0 Å². The zero-order chi connectivity index (χ0) is 12.3. The molecule has 0 spiro atoms. The summed E-state index contributed by atoms with van der Waals surface area (Å²) in [5, 5.41) is 18.9. The van der Waals surface area contributed by atoms with E-state index in [0.717, 1.165) is 38.2 Å². The standard InChI is InChI=1S/C13H17N3O/c1-13(17)4-2-7-16(8-5-13)12-9-11(10-14)3-6-15-12/h3,6,9,17H,2,4-5,7-8H2,1H3. The van der Waals surface area contributed by atoms with Gasteiger partial charge in [-0.05, 0) is 38.3 Å². The van der Waals surface area contributed by atoms with Crippen molar-refractivity contribution in [2.24, 2.45) is 0 Å².